The zero-order chi connectivity index (χ0) is 33.8. The van der Waals surface area contributed by atoms with Gasteiger partial charge in [-0.25, -0.2) is 0 Å². The van der Waals surface area contributed by atoms with Crippen LogP contribution >= 0.6 is 0 Å². The summed E-state index contributed by atoms with van der Waals surface area (Å²) in [5, 5.41) is 22.3. The number of aliphatic hydroxyl groups is 2. The molecule has 10 aliphatic rings. The van der Waals surface area contributed by atoms with Crippen molar-refractivity contribution in [3.05, 3.63) is 23.0 Å². The van der Waals surface area contributed by atoms with Gasteiger partial charge < -0.3 is 38.6 Å². The second-order valence-electron chi connectivity index (χ2n) is 17.4. The van der Waals surface area contributed by atoms with E-state index < -0.39 is 76.5 Å². The second kappa shape index (κ2) is 10.2. The van der Waals surface area contributed by atoms with Crippen LogP contribution in [0.15, 0.2) is 23.0 Å². The largest absolute Gasteiger partial charge is 0.498 e. The smallest absolute Gasteiger partial charge is 0.191 e. The van der Waals surface area contributed by atoms with Crippen molar-refractivity contribution in [2.24, 2.45) is 17.3 Å². The summed E-state index contributed by atoms with van der Waals surface area (Å²) in [6, 6.07) is 0. The average Bonchev–Trinajstić information content (AvgIpc) is 3.95. The van der Waals surface area contributed by atoms with Crippen LogP contribution in [0.2, 0.25) is 0 Å². The fourth-order valence-electron chi connectivity index (χ4n) is 11.2. The molecule has 48 heavy (non-hydrogen) atoms. The Morgan fingerprint density at radius 1 is 0.729 bits per heavy atom. The monoisotopic (exact) mass is 668 g/mol. The topological polar surface area (TPSA) is 137 Å². The number of carbonyl (C=O) groups excluding carboxylic acids is 2. The van der Waals surface area contributed by atoms with E-state index in [-0.39, 0.29) is 42.5 Å². The van der Waals surface area contributed by atoms with Crippen molar-refractivity contribution >= 4 is 11.6 Å². The summed E-state index contributed by atoms with van der Waals surface area (Å²) in [6.45, 7) is 11.9. The van der Waals surface area contributed by atoms with E-state index in [1.54, 1.807) is 6.26 Å². The third-order valence-corrected chi connectivity index (χ3v) is 13.9. The molecule has 14 atom stereocenters. The Kier molecular flexibility index (Phi) is 6.88. The number of fused-ring (bicyclic) bond motifs is 2. The van der Waals surface area contributed by atoms with Gasteiger partial charge in [-0.05, 0) is 52.5 Å². The minimum atomic E-state index is -1.19. The average molecular weight is 669 g/mol. The standard InChI is InChI=1S/C38H52O10/c1-7-9-11-13-19-23-24-25(30-37(32(47-37)27(24)41)16-22(40)35(5,6)46-30)31(44-19)38-18(17-43-20(26(23)38)14-12-10-8-2)29-36(33(48-36)28(38)42)15-21(39)34(3,4)45-29/h17,19-23,26,29-33,39-40H,7-16H2,1-6H3/t19-,20+,21+,22+,23-,26-,29+,30+,31+,32+,33+,36-,37-,38-/m1/s1. The minimum Gasteiger partial charge on any atom is -0.498 e. The molecule has 0 amide bonds. The van der Waals surface area contributed by atoms with Gasteiger partial charge in [-0.3, -0.25) is 9.59 Å². The number of ether oxygens (including phenoxy) is 6. The summed E-state index contributed by atoms with van der Waals surface area (Å²) >= 11 is 0. The first-order chi connectivity index (χ1) is 22.8. The SMILES string of the molecule is CCCCC[C@@H]1OC=C2[C@@H]3OC(C)(C)[C@@H](O)C[C@@]34O[C@H]4C(=O)[C@]23[C@H]1[C@H]1C2=C([C@@H]4OC(C)(C)[C@@H](O)C[C@@]45O[C@H]5C2=O)[C@@H]3O[C@@H]1CCCCC. The van der Waals surface area contributed by atoms with Crippen LogP contribution in [0.4, 0.5) is 0 Å². The molecule has 10 heteroatoms. The molecular formula is C38H52O10. The zero-order valence-corrected chi connectivity index (χ0v) is 29.2. The normalized spacial score (nSPS) is 51.2. The molecule has 5 saturated heterocycles. The molecule has 0 aromatic rings. The maximum absolute atomic E-state index is 15.4. The molecule has 0 radical (unpaired) electrons. The summed E-state index contributed by atoms with van der Waals surface area (Å²) in [5.41, 5.74) is -2.75. The van der Waals surface area contributed by atoms with E-state index in [0.29, 0.717) is 11.1 Å². The van der Waals surface area contributed by atoms with Gasteiger partial charge in [0.05, 0.1) is 47.3 Å². The molecule has 7 aliphatic heterocycles. The van der Waals surface area contributed by atoms with Gasteiger partial charge in [-0.15, -0.1) is 0 Å². The van der Waals surface area contributed by atoms with E-state index in [9.17, 15) is 15.0 Å². The quantitative estimate of drug-likeness (QED) is 0.288. The van der Waals surface area contributed by atoms with Crippen LogP contribution in [-0.4, -0.2) is 99.1 Å². The summed E-state index contributed by atoms with van der Waals surface area (Å²) in [5.74, 6) is -0.863. The highest BCUT2D eigenvalue weighted by molar-refractivity contribution is 6.07. The number of epoxide rings is 2. The molecule has 0 aromatic heterocycles. The summed E-state index contributed by atoms with van der Waals surface area (Å²) in [6.07, 6.45) is 4.29. The Labute approximate surface area is 282 Å². The van der Waals surface area contributed by atoms with Gasteiger partial charge in [0, 0.05) is 35.8 Å². The van der Waals surface area contributed by atoms with Crippen molar-refractivity contribution < 1.29 is 48.2 Å². The van der Waals surface area contributed by atoms with Crippen molar-refractivity contribution in [1.82, 2.24) is 0 Å². The number of unbranched alkanes of at least 4 members (excludes halogenated alkanes) is 4. The van der Waals surface area contributed by atoms with Crippen molar-refractivity contribution in [3.8, 4) is 0 Å². The second-order valence-corrected chi connectivity index (χ2v) is 17.4. The first kappa shape index (κ1) is 32.3. The van der Waals surface area contributed by atoms with Gasteiger partial charge in [0.1, 0.15) is 35.6 Å². The summed E-state index contributed by atoms with van der Waals surface area (Å²) in [4.78, 5) is 30.1. The number of rotatable bonds is 8. The van der Waals surface area contributed by atoms with Gasteiger partial charge in [0.15, 0.2) is 17.7 Å². The van der Waals surface area contributed by atoms with Crippen molar-refractivity contribution in [2.45, 2.75) is 183 Å². The number of ketones is 2. The molecule has 6 fully saturated rings. The zero-order valence-electron chi connectivity index (χ0n) is 29.2. The van der Waals surface area contributed by atoms with E-state index in [2.05, 4.69) is 13.8 Å². The molecule has 7 heterocycles. The van der Waals surface area contributed by atoms with Crippen LogP contribution in [0.5, 0.6) is 0 Å². The predicted octanol–water partition coefficient (Wildman–Crippen LogP) is 4.02. The number of Topliss-reactive ketones (excluding diaryl/α,β-unsaturated/α-hetero) is 2. The van der Waals surface area contributed by atoms with Crippen molar-refractivity contribution in [1.29, 1.82) is 0 Å². The Hall–Kier alpha value is -1.66. The lowest BCUT2D eigenvalue weighted by Crippen LogP contribution is -2.76. The molecule has 1 saturated carbocycles. The molecule has 2 N–H and O–H groups in total. The molecule has 2 bridgehead atoms. The van der Waals surface area contributed by atoms with Crippen LogP contribution in [0.1, 0.15) is 106 Å². The van der Waals surface area contributed by atoms with Crippen LogP contribution in [0.25, 0.3) is 0 Å². The summed E-state index contributed by atoms with van der Waals surface area (Å²) < 4.78 is 40.3. The van der Waals surface area contributed by atoms with Gasteiger partial charge >= 0.3 is 0 Å². The number of carbonyl (C=O) groups is 2. The number of aliphatic hydroxyl groups excluding tert-OH is 2. The van der Waals surface area contributed by atoms with Crippen LogP contribution < -0.4 is 0 Å². The molecular weight excluding hydrogens is 616 g/mol. The maximum Gasteiger partial charge on any atom is 0.191 e. The highest BCUT2D eigenvalue weighted by atomic mass is 16.7. The van der Waals surface area contributed by atoms with E-state index in [1.807, 2.05) is 27.7 Å². The third kappa shape index (κ3) is 3.84. The first-order valence-electron chi connectivity index (χ1n) is 18.7. The molecule has 3 aliphatic carbocycles. The van der Waals surface area contributed by atoms with Crippen LogP contribution in [-0.2, 0) is 38.0 Å². The molecule has 10 rings (SSSR count). The highest BCUT2D eigenvalue weighted by Crippen LogP contribution is 2.73. The lowest BCUT2D eigenvalue weighted by molar-refractivity contribution is -0.246. The van der Waals surface area contributed by atoms with Gasteiger partial charge in [0.25, 0.3) is 0 Å². The van der Waals surface area contributed by atoms with Crippen molar-refractivity contribution in [2.75, 3.05) is 0 Å². The van der Waals surface area contributed by atoms with E-state index >= 15 is 4.79 Å². The molecule has 10 nitrogen and oxygen atoms in total. The summed E-state index contributed by atoms with van der Waals surface area (Å²) in [7, 11) is 0. The van der Waals surface area contributed by atoms with Gasteiger partial charge in [-0.2, -0.15) is 0 Å². The van der Waals surface area contributed by atoms with Crippen LogP contribution in [0.3, 0.4) is 0 Å². The van der Waals surface area contributed by atoms with E-state index in [0.717, 1.165) is 56.9 Å². The fourth-order valence-corrected chi connectivity index (χ4v) is 11.2. The van der Waals surface area contributed by atoms with Gasteiger partial charge in [0.2, 0.25) is 0 Å². The number of hydrogen-bond donors (Lipinski definition) is 2. The predicted molar refractivity (Wildman–Crippen MR) is 171 cm³/mol. The Morgan fingerprint density at radius 2 is 1.31 bits per heavy atom. The maximum atomic E-state index is 15.4. The van der Waals surface area contributed by atoms with E-state index in [1.165, 1.54) is 0 Å². The fraction of sp³-hybridized carbons (Fsp3) is 0.842. The lowest BCUT2D eigenvalue weighted by atomic mass is 9.43. The molecule has 3 spiro atoms. The van der Waals surface area contributed by atoms with Crippen LogP contribution in [0, 0.1) is 17.3 Å². The first-order valence-corrected chi connectivity index (χ1v) is 18.7. The number of hydrogen-bond acceptors (Lipinski definition) is 10. The van der Waals surface area contributed by atoms with Crippen molar-refractivity contribution in [3.63, 3.8) is 0 Å². The lowest BCUT2D eigenvalue weighted by Gasteiger charge is -2.66. The Balaban J connectivity index is 1.25. The Morgan fingerprint density at radius 3 is 1.96 bits per heavy atom. The van der Waals surface area contributed by atoms with Gasteiger partial charge in [-0.1, -0.05) is 46.0 Å². The molecule has 0 unspecified atom stereocenters. The Bertz CT molecular complexity index is 1500. The third-order valence-electron chi connectivity index (χ3n) is 13.9. The molecule has 264 valence electrons. The highest BCUT2D eigenvalue weighted by Gasteiger charge is 2.86. The van der Waals surface area contributed by atoms with E-state index in [4.69, 9.17) is 28.4 Å². The molecule has 0 aromatic carbocycles. The minimum absolute atomic E-state index is 0.0488.